The first kappa shape index (κ1) is 13.0. The Bertz CT molecular complexity index is 450. The molecule has 1 saturated heterocycles. The fourth-order valence-electron chi connectivity index (χ4n) is 2.21. The molecule has 0 bridgehead atoms. The molecule has 0 spiro atoms. The smallest absolute Gasteiger partial charge is 0.303 e. The highest BCUT2D eigenvalue weighted by Gasteiger charge is 2.25. The lowest BCUT2D eigenvalue weighted by atomic mass is 9.93. The van der Waals surface area contributed by atoms with E-state index in [4.69, 9.17) is 5.11 Å². The summed E-state index contributed by atoms with van der Waals surface area (Å²) in [5.41, 5.74) is 0.509. The number of hydrogen-bond acceptors (Lipinski definition) is 4. The van der Waals surface area contributed by atoms with Crippen LogP contribution in [0.15, 0.2) is 5.38 Å². The zero-order valence-corrected chi connectivity index (χ0v) is 11.1. The fraction of sp³-hybridized carbons (Fsp3) is 0.583. The number of rotatable bonds is 3. The first-order valence-electron chi connectivity index (χ1n) is 5.99. The van der Waals surface area contributed by atoms with Crippen molar-refractivity contribution in [2.75, 3.05) is 13.1 Å². The summed E-state index contributed by atoms with van der Waals surface area (Å²) in [7, 11) is 0. The van der Waals surface area contributed by atoms with E-state index in [2.05, 4.69) is 4.98 Å². The molecule has 2 rings (SSSR count). The number of carboxylic acid groups (broad SMARTS) is 1. The Kier molecular flexibility index (Phi) is 3.96. The van der Waals surface area contributed by atoms with Crippen LogP contribution < -0.4 is 0 Å². The van der Waals surface area contributed by atoms with E-state index >= 15 is 0 Å². The van der Waals surface area contributed by atoms with Crippen molar-refractivity contribution in [3.63, 3.8) is 0 Å². The Labute approximate surface area is 109 Å². The summed E-state index contributed by atoms with van der Waals surface area (Å²) in [5, 5.41) is 11.4. The molecular formula is C12H16N2O3S. The number of aryl methyl sites for hydroxylation is 1. The third-order valence-corrected chi connectivity index (χ3v) is 3.98. The van der Waals surface area contributed by atoms with Gasteiger partial charge in [-0.05, 0) is 25.7 Å². The van der Waals surface area contributed by atoms with E-state index in [1.165, 1.54) is 11.3 Å². The molecule has 1 aliphatic rings. The monoisotopic (exact) mass is 268 g/mol. The Balaban J connectivity index is 1.90. The molecule has 0 unspecified atom stereocenters. The zero-order valence-electron chi connectivity index (χ0n) is 10.3. The highest BCUT2D eigenvalue weighted by atomic mass is 32.1. The molecule has 1 fully saturated rings. The lowest BCUT2D eigenvalue weighted by Crippen LogP contribution is -2.39. The number of carbonyl (C=O) groups is 2. The summed E-state index contributed by atoms with van der Waals surface area (Å²) in [6, 6.07) is 0. The SMILES string of the molecule is Cc1nc(C(=O)N2CCC(CC(=O)O)CC2)cs1. The highest BCUT2D eigenvalue weighted by Crippen LogP contribution is 2.22. The quantitative estimate of drug-likeness (QED) is 0.907. The van der Waals surface area contributed by atoms with Gasteiger partial charge in [0.2, 0.25) is 0 Å². The van der Waals surface area contributed by atoms with Gasteiger partial charge in [-0.15, -0.1) is 11.3 Å². The summed E-state index contributed by atoms with van der Waals surface area (Å²) >= 11 is 1.47. The predicted octanol–water partition coefficient (Wildman–Crippen LogP) is 1.78. The molecule has 1 aliphatic heterocycles. The minimum absolute atomic E-state index is 0.0341. The molecular weight excluding hydrogens is 252 g/mol. The van der Waals surface area contributed by atoms with Crippen LogP contribution >= 0.6 is 11.3 Å². The summed E-state index contributed by atoms with van der Waals surface area (Å²) < 4.78 is 0. The highest BCUT2D eigenvalue weighted by molar-refractivity contribution is 7.09. The Morgan fingerprint density at radius 2 is 2.17 bits per heavy atom. The maximum Gasteiger partial charge on any atom is 0.303 e. The van der Waals surface area contributed by atoms with Gasteiger partial charge >= 0.3 is 5.97 Å². The molecule has 98 valence electrons. The van der Waals surface area contributed by atoms with E-state index in [1.54, 1.807) is 10.3 Å². The Hall–Kier alpha value is -1.43. The van der Waals surface area contributed by atoms with Crippen LogP contribution in [0.3, 0.4) is 0 Å². The molecule has 2 heterocycles. The van der Waals surface area contributed by atoms with Gasteiger partial charge in [0, 0.05) is 24.9 Å². The number of carboxylic acids is 1. The van der Waals surface area contributed by atoms with Gasteiger partial charge in [-0.3, -0.25) is 9.59 Å². The maximum atomic E-state index is 12.1. The maximum absolute atomic E-state index is 12.1. The van der Waals surface area contributed by atoms with E-state index in [1.807, 2.05) is 6.92 Å². The second-order valence-electron chi connectivity index (χ2n) is 4.59. The van der Waals surface area contributed by atoms with Crippen molar-refractivity contribution in [3.05, 3.63) is 16.1 Å². The second-order valence-corrected chi connectivity index (χ2v) is 5.65. The van der Waals surface area contributed by atoms with Crippen molar-refractivity contribution in [2.24, 2.45) is 5.92 Å². The predicted molar refractivity (Wildman–Crippen MR) is 67.7 cm³/mol. The minimum atomic E-state index is -0.755. The van der Waals surface area contributed by atoms with Gasteiger partial charge in [-0.1, -0.05) is 0 Å². The van der Waals surface area contributed by atoms with Crippen LogP contribution in [0.1, 0.15) is 34.8 Å². The van der Waals surface area contributed by atoms with E-state index in [-0.39, 0.29) is 18.2 Å². The molecule has 1 aromatic rings. The third-order valence-electron chi connectivity index (χ3n) is 3.20. The van der Waals surface area contributed by atoms with E-state index in [9.17, 15) is 9.59 Å². The van der Waals surface area contributed by atoms with Crippen LogP contribution in [0.2, 0.25) is 0 Å². The van der Waals surface area contributed by atoms with Crippen molar-refractivity contribution < 1.29 is 14.7 Å². The van der Waals surface area contributed by atoms with E-state index in [0.29, 0.717) is 18.8 Å². The van der Waals surface area contributed by atoms with E-state index in [0.717, 1.165) is 17.8 Å². The van der Waals surface area contributed by atoms with Crippen molar-refractivity contribution >= 4 is 23.2 Å². The van der Waals surface area contributed by atoms with Crippen LogP contribution in [-0.2, 0) is 4.79 Å². The molecule has 5 nitrogen and oxygen atoms in total. The lowest BCUT2D eigenvalue weighted by molar-refractivity contribution is -0.138. The number of piperidine rings is 1. The van der Waals surface area contributed by atoms with Gasteiger partial charge in [0.15, 0.2) is 0 Å². The second kappa shape index (κ2) is 5.48. The number of aromatic nitrogens is 1. The largest absolute Gasteiger partial charge is 0.481 e. The molecule has 0 saturated carbocycles. The van der Waals surface area contributed by atoms with Gasteiger partial charge < -0.3 is 10.0 Å². The summed E-state index contributed by atoms with van der Waals surface area (Å²) in [6.07, 6.45) is 1.74. The van der Waals surface area contributed by atoms with Crippen molar-refractivity contribution in [3.8, 4) is 0 Å². The first-order valence-corrected chi connectivity index (χ1v) is 6.87. The number of nitrogens with zero attached hydrogens (tertiary/aromatic N) is 2. The van der Waals surface area contributed by atoms with Crippen LogP contribution in [0.4, 0.5) is 0 Å². The topological polar surface area (TPSA) is 70.5 Å². The molecule has 1 amide bonds. The first-order chi connectivity index (χ1) is 8.56. The molecule has 1 aromatic heterocycles. The van der Waals surface area contributed by atoms with Gasteiger partial charge in [0.05, 0.1) is 5.01 Å². The number of carbonyl (C=O) groups excluding carboxylic acids is 1. The third kappa shape index (κ3) is 3.07. The normalized spacial score (nSPS) is 16.8. The average Bonchev–Trinajstić information content (AvgIpc) is 2.75. The van der Waals surface area contributed by atoms with Crippen molar-refractivity contribution in [1.82, 2.24) is 9.88 Å². The summed E-state index contributed by atoms with van der Waals surface area (Å²) in [6.45, 7) is 3.14. The summed E-state index contributed by atoms with van der Waals surface area (Å²) in [5.74, 6) is -0.591. The Morgan fingerprint density at radius 3 is 2.67 bits per heavy atom. The van der Waals surface area contributed by atoms with Crippen LogP contribution in [0, 0.1) is 12.8 Å². The molecule has 0 radical (unpaired) electrons. The van der Waals surface area contributed by atoms with Crippen molar-refractivity contribution in [1.29, 1.82) is 0 Å². The van der Waals surface area contributed by atoms with Crippen LogP contribution in [-0.4, -0.2) is 40.0 Å². The zero-order chi connectivity index (χ0) is 13.1. The number of amides is 1. The van der Waals surface area contributed by atoms with Crippen LogP contribution in [0.25, 0.3) is 0 Å². The minimum Gasteiger partial charge on any atom is -0.481 e. The standard InChI is InChI=1S/C12H16N2O3S/c1-8-13-10(7-18-8)12(17)14-4-2-9(3-5-14)6-11(15)16/h7,9H,2-6H2,1H3,(H,15,16). The number of thiazole rings is 1. The molecule has 0 aliphatic carbocycles. The molecule has 0 atom stereocenters. The van der Waals surface area contributed by atoms with Gasteiger partial charge in [-0.2, -0.15) is 0 Å². The fourth-order valence-corrected chi connectivity index (χ4v) is 2.80. The number of aliphatic carboxylic acids is 1. The van der Waals surface area contributed by atoms with Gasteiger partial charge in [-0.25, -0.2) is 4.98 Å². The number of hydrogen-bond donors (Lipinski definition) is 1. The molecule has 0 aromatic carbocycles. The van der Waals surface area contributed by atoms with Crippen molar-refractivity contribution in [2.45, 2.75) is 26.2 Å². The number of likely N-dealkylation sites (tertiary alicyclic amines) is 1. The summed E-state index contributed by atoms with van der Waals surface area (Å²) in [4.78, 5) is 28.7. The molecule has 6 heteroatoms. The molecule has 1 N–H and O–H groups in total. The van der Waals surface area contributed by atoms with Gasteiger partial charge in [0.25, 0.3) is 5.91 Å². The lowest BCUT2D eigenvalue weighted by Gasteiger charge is -2.30. The average molecular weight is 268 g/mol. The van der Waals surface area contributed by atoms with Crippen LogP contribution in [0.5, 0.6) is 0 Å². The van der Waals surface area contributed by atoms with Gasteiger partial charge in [0.1, 0.15) is 5.69 Å². The Morgan fingerprint density at radius 1 is 1.50 bits per heavy atom. The molecule has 18 heavy (non-hydrogen) atoms. The van der Waals surface area contributed by atoms with E-state index < -0.39 is 5.97 Å².